The molecule has 21 heavy (non-hydrogen) atoms. The van der Waals surface area contributed by atoms with Gasteiger partial charge >= 0.3 is 0 Å². The largest absolute Gasteiger partial charge is 0.248 e. The van der Waals surface area contributed by atoms with Gasteiger partial charge in [0.1, 0.15) is 0 Å². The fourth-order valence-electron chi connectivity index (χ4n) is 2.06. The third-order valence-electron chi connectivity index (χ3n) is 3.12. The molecule has 0 unspecified atom stereocenters. The van der Waals surface area contributed by atoms with E-state index in [0.29, 0.717) is 5.69 Å². The van der Waals surface area contributed by atoms with Gasteiger partial charge in [0.25, 0.3) is 0 Å². The van der Waals surface area contributed by atoms with E-state index < -0.39 is 0 Å². The highest BCUT2D eigenvalue weighted by molar-refractivity contribution is 5.80. The van der Waals surface area contributed by atoms with Gasteiger partial charge in [-0.1, -0.05) is 59.7 Å². The van der Waals surface area contributed by atoms with Crippen molar-refractivity contribution < 1.29 is 0 Å². The van der Waals surface area contributed by atoms with Gasteiger partial charge in [-0.25, -0.2) is 4.98 Å². The molecule has 4 heteroatoms. The van der Waals surface area contributed by atoms with E-state index in [4.69, 9.17) is 5.53 Å². The predicted octanol–water partition coefficient (Wildman–Crippen LogP) is 5.35. The van der Waals surface area contributed by atoms with Gasteiger partial charge in [0.2, 0.25) is 0 Å². The molecule has 3 rings (SSSR count). The summed E-state index contributed by atoms with van der Waals surface area (Å²) in [5.41, 5.74) is 11.9. The Hall–Kier alpha value is -3.10. The van der Waals surface area contributed by atoms with Crippen molar-refractivity contribution in [3.63, 3.8) is 0 Å². The zero-order chi connectivity index (χ0) is 14.5. The van der Waals surface area contributed by atoms with Crippen LogP contribution in [0.2, 0.25) is 0 Å². The summed E-state index contributed by atoms with van der Waals surface area (Å²) in [5, 5.41) is 4.68. The van der Waals surface area contributed by atoms with Gasteiger partial charge in [0, 0.05) is 16.0 Å². The molecule has 0 bridgehead atoms. The Morgan fingerprint density at radius 3 is 2.52 bits per heavy atom. The lowest BCUT2D eigenvalue weighted by Gasteiger charge is -1.99. The SMILES string of the molecule is [N-]=[N+]=Nc1ccc(C=Cc2ccc3ccccc3n2)cc1. The van der Waals surface area contributed by atoms with E-state index in [0.717, 1.165) is 22.2 Å². The minimum absolute atomic E-state index is 0.610. The minimum atomic E-state index is 0.610. The highest BCUT2D eigenvalue weighted by Crippen LogP contribution is 2.16. The van der Waals surface area contributed by atoms with Crippen LogP contribution in [-0.2, 0) is 0 Å². The monoisotopic (exact) mass is 272 g/mol. The summed E-state index contributed by atoms with van der Waals surface area (Å²) in [4.78, 5) is 7.34. The van der Waals surface area contributed by atoms with Gasteiger partial charge in [-0.2, -0.15) is 0 Å². The van der Waals surface area contributed by atoms with E-state index in [1.54, 1.807) is 12.1 Å². The van der Waals surface area contributed by atoms with Crippen LogP contribution in [0.4, 0.5) is 5.69 Å². The van der Waals surface area contributed by atoms with Crippen LogP contribution in [0.1, 0.15) is 11.3 Å². The number of azide groups is 1. The standard InChI is InChI=1S/C17H12N4/c18-21-20-16-10-6-13(7-11-16)5-9-15-12-8-14-3-1-2-4-17(14)19-15/h1-12H. The maximum atomic E-state index is 8.36. The minimum Gasteiger partial charge on any atom is -0.248 e. The van der Waals surface area contributed by atoms with Crippen molar-refractivity contribution >= 4 is 28.7 Å². The van der Waals surface area contributed by atoms with Crippen LogP contribution in [-0.4, -0.2) is 4.98 Å². The maximum absolute atomic E-state index is 8.36. The van der Waals surface area contributed by atoms with Crippen molar-refractivity contribution in [2.24, 2.45) is 5.11 Å². The molecule has 0 saturated carbocycles. The quantitative estimate of drug-likeness (QED) is 0.360. The molecule has 0 amide bonds. The second-order valence-electron chi connectivity index (χ2n) is 4.54. The molecular weight excluding hydrogens is 260 g/mol. The predicted molar refractivity (Wildman–Crippen MR) is 85.9 cm³/mol. The highest BCUT2D eigenvalue weighted by Gasteiger charge is 1.95. The smallest absolute Gasteiger partial charge is 0.0709 e. The molecule has 0 aliphatic heterocycles. The van der Waals surface area contributed by atoms with E-state index in [-0.39, 0.29) is 0 Å². The number of fused-ring (bicyclic) bond motifs is 1. The first kappa shape index (κ1) is 12.9. The summed E-state index contributed by atoms with van der Waals surface area (Å²) in [7, 11) is 0. The number of nitrogens with zero attached hydrogens (tertiary/aromatic N) is 4. The summed E-state index contributed by atoms with van der Waals surface area (Å²) in [5.74, 6) is 0. The number of para-hydroxylation sites is 1. The van der Waals surface area contributed by atoms with E-state index in [1.807, 2.05) is 54.6 Å². The average Bonchev–Trinajstić information content (AvgIpc) is 2.54. The van der Waals surface area contributed by atoms with Crippen LogP contribution in [0.15, 0.2) is 65.8 Å². The van der Waals surface area contributed by atoms with Crippen LogP contribution in [0.25, 0.3) is 33.5 Å². The first-order valence-corrected chi connectivity index (χ1v) is 6.54. The number of hydrogen-bond donors (Lipinski definition) is 0. The Kier molecular flexibility index (Phi) is 3.63. The summed E-state index contributed by atoms with van der Waals surface area (Å²) in [6, 6.07) is 19.5. The van der Waals surface area contributed by atoms with Gasteiger partial charge < -0.3 is 0 Å². The molecule has 0 atom stereocenters. The summed E-state index contributed by atoms with van der Waals surface area (Å²) in [6.07, 6.45) is 3.95. The summed E-state index contributed by atoms with van der Waals surface area (Å²) >= 11 is 0. The van der Waals surface area contributed by atoms with Gasteiger partial charge in [0.05, 0.1) is 11.2 Å². The number of pyridine rings is 1. The zero-order valence-electron chi connectivity index (χ0n) is 11.2. The molecule has 0 radical (unpaired) electrons. The molecule has 0 spiro atoms. The third kappa shape index (κ3) is 3.08. The van der Waals surface area contributed by atoms with Crippen LogP contribution < -0.4 is 0 Å². The van der Waals surface area contributed by atoms with Gasteiger partial charge in [-0.15, -0.1) is 0 Å². The fraction of sp³-hybridized carbons (Fsp3) is 0. The molecule has 1 heterocycles. The van der Waals surface area contributed by atoms with Gasteiger partial charge in [0.15, 0.2) is 0 Å². The van der Waals surface area contributed by atoms with Crippen LogP contribution in [0.3, 0.4) is 0 Å². The molecule has 2 aromatic carbocycles. The molecule has 3 aromatic rings. The normalized spacial score (nSPS) is 10.7. The lowest BCUT2D eigenvalue weighted by molar-refractivity contribution is 1.37. The van der Waals surface area contributed by atoms with Crippen molar-refractivity contribution in [2.75, 3.05) is 0 Å². The Labute approximate surface area is 122 Å². The van der Waals surface area contributed by atoms with E-state index >= 15 is 0 Å². The van der Waals surface area contributed by atoms with Crippen molar-refractivity contribution in [1.29, 1.82) is 0 Å². The second-order valence-corrected chi connectivity index (χ2v) is 4.54. The van der Waals surface area contributed by atoms with E-state index in [9.17, 15) is 0 Å². The Morgan fingerprint density at radius 2 is 1.71 bits per heavy atom. The molecule has 0 saturated heterocycles. The molecule has 1 aromatic heterocycles. The van der Waals surface area contributed by atoms with Crippen LogP contribution in [0.5, 0.6) is 0 Å². The molecule has 0 N–H and O–H groups in total. The molecule has 0 fully saturated rings. The average molecular weight is 272 g/mol. The number of benzene rings is 2. The van der Waals surface area contributed by atoms with E-state index in [1.165, 1.54) is 0 Å². The Morgan fingerprint density at radius 1 is 0.905 bits per heavy atom. The van der Waals surface area contributed by atoms with Crippen molar-refractivity contribution in [1.82, 2.24) is 4.98 Å². The number of rotatable bonds is 3. The van der Waals surface area contributed by atoms with Crippen LogP contribution >= 0.6 is 0 Å². The number of hydrogen-bond acceptors (Lipinski definition) is 2. The summed E-state index contributed by atoms with van der Waals surface area (Å²) < 4.78 is 0. The number of aromatic nitrogens is 1. The maximum Gasteiger partial charge on any atom is 0.0709 e. The van der Waals surface area contributed by atoms with Crippen LogP contribution in [0, 0.1) is 0 Å². The lowest BCUT2D eigenvalue weighted by Crippen LogP contribution is -1.82. The molecule has 0 aliphatic rings. The second kappa shape index (κ2) is 5.90. The first-order valence-electron chi connectivity index (χ1n) is 6.54. The van der Waals surface area contributed by atoms with Crippen molar-refractivity contribution in [3.05, 3.63) is 82.4 Å². The van der Waals surface area contributed by atoms with Gasteiger partial charge in [-0.05, 0) is 29.3 Å². The Bertz CT molecular complexity index is 844. The zero-order valence-corrected chi connectivity index (χ0v) is 11.2. The molecule has 4 nitrogen and oxygen atoms in total. The third-order valence-corrected chi connectivity index (χ3v) is 3.12. The topological polar surface area (TPSA) is 61.7 Å². The molecule has 0 aliphatic carbocycles. The summed E-state index contributed by atoms with van der Waals surface area (Å²) in [6.45, 7) is 0. The van der Waals surface area contributed by atoms with Crippen molar-refractivity contribution in [2.45, 2.75) is 0 Å². The highest BCUT2D eigenvalue weighted by atomic mass is 15.1. The first-order chi connectivity index (χ1) is 10.3. The molecule has 100 valence electrons. The van der Waals surface area contributed by atoms with Gasteiger partial charge in [-0.3, -0.25) is 0 Å². The molecular formula is C17H12N4. The fourth-order valence-corrected chi connectivity index (χ4v) is 2.06. The van der Waals surface area contributed by atoms with E-state index in [2.05, 4.69) is 21.1 Å². The van der Waals surface area contributed by atoms with Crippen molar-refractivity contribution in [3.8, 4) is 0 Å². The lowest BCUT2D eigenvalue weighted by atomic mass is 10.1. The Balaban J connectivity index is 1.85.